The average molecular weight is 372 g/mol. The fourth-order valence-electron chi connectivity index (χ4n) is 2.53. The van der Waals surface area contributed by atoms with E-state index in [-0.39, 0.29) is 11.7 Å². The van der Waals surface area contributed by atoms with Crippen LogP contribution >= 0.6 is 11.6 Å². The van der Waals surface area contributed by atoms with Crippen molar-refractivity contribution in [3.63, 3.8) is 0 Å². The van der Waals surface area contributed by atoms with Gasteiger partial charge in [0.25, 0.3) is 5.91 Å². The van der Waals surface area contributed by atoms with Crippen LogP contribution in [-0.2, 0) is 4.79 Å². The van der Waals surface area contributed by atoms with Crippen molar-refractivity contribution >= 4 is 34.2 Å². The van der Waals surface area contributed by atoms with Crippen molar-refractivity contribution in [2.24, 2.45) is 0 Å². The molecule has 1 atom stereocenters. The second-order valence-electron chi connectivity index (χ2n) is 6.14. The molecule has 0 aliphatic rings. The topological polar surface area (TPSA) is 68.5 Å². The summed E-state index contributed by atoms with van der Waals surface area (Å²) in [5.41, 5.74) is 2.46. The van der Waals surface area contributed by atoms with Crippen LogP contribution in [-0.4, -0.2) is 12.0 Å². The Balaban J connectivity index is 1.81. The molecule has 0 spiro atoms. The van der Waals surface area contributed by atoms with Crippen LogP contribution in [0.15, 0.2) is 51.7 Å². The van der Waals surface area contributed by atoms with Crippen LogP contribution in [0.2, 0.25) is 5.02 Å². The number of carbonyl (C=O) groups excluding carboxylic acids is 1. The lowest BCUT2D eigenvalue weighted by atomic mass is 10.1. The Morgan fingerprint density at radius 2 is 1.85 bits per heavy atom. The number of benzene rings is 2. The van der Waals surface area contributed by atoms with Crippen molar-refractivity contribution in [3.8, 4) is 5.75 Å². The number of carbonyl (C=O) groups is 1. The Hall–Kier alpha value is -2.79. The van der Waals surface area contributed by atoms with Gasteiger partial charge in [-0.2, -0.15) is 0 Å². The van der Waals surface area contributed by atoms with E-state index in [0.717, 1.165) is 16.5 Å². The summed E-state index contributed by atoms with van der Waals surface area (Å²) in [5.74, 6) is -0.0322. The zero-order valence-electron chi connectivity index (χ0n) is 14.6. The van der Waals surface area contributed by atoms with Crippen molar-refractivity contribution < 1.29 is 13.9 Å². The number of nitrogens with one attached hydrogen (secondary N) is 1. The van der Waals surface area contributed by atoms with Gasteiger partial charge in [0.15, 0.2) is 6.10 Å². The molecule has 0 aliphatic carbocycles. The quantitative estimate of drug-likeness (QED) is 0.687. The van der Waals surface area contributed by atoms with Crippen LogP contribution in [0.1, 0.15) is 18.1 Å². The molecule has 0 aliphatic heterocycles. The van der Waals surface area contributed by atoms with Crippen molar-refractivity contribution in [2.75, 3.05) is 5.32 Å². The van der Waals surface area contributed by atoms with Gasteiger partial charge in [-0.3, -0.25) is 4.79 Å². The van der Waals surface area contributed by atoms with Crippen LogP contribution < -0.4 is 15.7 Å². The largest absolute Gasteiger partial charge is 0.479 e. The van der Waals surface area contributed by atoms with Crippen molar-refractivity contribution in [3.05, 3.63) is 69.0 Å². The summed E-state index contributed by atoms with van der Waals surface area (Å²) < 4.78 is 10.9. The Morgan fingerprint density at radius 3 is 2.54 bits per heavy atom. The molecule has 26 heavy (non-hydrogen) atoms. The average Bonchev–Trinajstić information content (AvgIpc) is 2.58. The molecule has 0 fully saturated rings. The first-order valence-corrected chi connectivity index (χ1v) is 8.49. The lowest BCUT2D eigenvalue weighted by Crippen LogP contribution is -2.30. The van der Waals surface area contributed by atoms with E-state index >= 15 is 0 Å². The second kappa shape index (κ2) is 7.22. The van der Waals surface area contributed by atoms with Gasteiger partial charge in [-0.15, -0.1) is 0 Å². The van der Waals surface area contributed by atoms with E-state index in [0.29, 0.717) is 16.3 Å². The second-order valence-corrected chi connectivity index (χ2v) is 6.55. The van der Waals surface area contributed by atoms with Gasteiger partial charge >= 0.3 is 5.63 Å². The maximum atomic E-state index is 12.3. The van der Waals surface area contributed by atoms with Gasteiger partial charge in [-0.05, 0) is 44.5 Å². The number of halogens is 1. The fraction of sp³-hybridized carbons (Fsp3) is 0.200. The lowest BCUT2D eigenvalue weighted by Gasteiger charge is -2.16. The summed E-state index contributed by atoms with van der Waals surface area (Å²) in [6.45, 7) is 5.39. The highest BCUT2D eigenvalue weighted by atomic mass is 35.5. The summed E-state index contributed by atoms with van der Waals surface area (Å²) in [5, 5.41) is 3.84. The van der Waals surface area contributed by atoms with Crippen LogP contribution in [0.25, 0.3) is 11.0 Å². The number of anilines is 1. The summed E-state index contributed by atoms with van der Waals surface area (Å²) in [4.78, 5) is 23.9. The standard InChI is InChI=1S/C20H18ClNO4/c1-11-4-6-14(7-5-11)22-20(24)13(3)25-18-10-17-15(9-16(18)21)12(2)8-19(23)26-17/h4-10,13H,1-3H3,(H,22,24). The first-order valence-electron chi connectivity index (χ1n) is 8.11. The predicted molar refractivity (Wildman–Crippen MR) is 102 cm³/mol. The Labute approximate surface area is 155 Å². The van der Waals surface area contributed by atoms with Gasteiger partial charge in [0.2, 0.25) is 0 Å². The molecule has 3 aromatic rings. The number of amides is 1. The molecule has 1 heterocycles. The lowest BCUT2D eigenvalue weighted by molar-refractivity contribution is -0.122. The van der Waals surface area contributed by atoms with E-state index in [1.165, 1.54) is 12.1 Å². The van der Waals surface area contributed by atoms with Crippen molar-refractivity contribution in [1.29, 1.82) is 0 Å². The number of ether oxygens (including phenoxy) is 1. The van der Waals surface area contributed by atoms with E-state index in [1.54, 1.807) is 19.9 Å². The number of aryl methyl sites for hydroxylation is 2. The third-order valence-corrected chi connectivity index (χ3v) is 4.29. The minimum absolute atomic E-state index is 0.277. The highest BCUT2D eigenvalue weighted by Gasteiger charge is 2.18. The molecule has 0 bridgehead atoms. The first kappa shape index (κ1) is 18.0. The number of rotatable bonds is 4. The van der Waals surface area contributed by atoms with Crippen molar-refractivity contribution in [1.82, 2.24) is 0 Å². The molecule has 1 aromatic heterocycles. The third kappa shape index (κ3) is 3.89. The zero-order valence-corrected chi connectivity index (χ0v) is 15.4. The summed E-state index contributed by atoms with van der Waals surface area (Å²) >= 11 is 6.26. The molecular formula is C20H18ClNO4. The maximum Gasteiger partial charge on any atom is 0.336 e. The van der Waals surface area contributed by atoms with Crippen LogP contribution in [0, 0.1) is 13.8 Å². The third-order valence-electron chi connectivity index (χ3n) is 4.00. The maximum absolute atomic E-state index is 12.3. The monoisotopic (exact) mass is 371 g/mol. The highest BCUT2D eigenvalue weighted by molar-refractivity contribution is 6.32. The van der Waals surface area contributed by atoms with E-state index < -0.39 is 11.7 Å². The van der Waals surface area contributed by atoms with Gasteiger partial charge in [-0.1, -0.05) is 29.3 Å². The Morgan fingerprint density at radius 1 is 1.15 bits per heavy atom. The fourth-order valence-corrected chi connectivity index (χ4v) is 2.74. The molecule has 134 valence electrons. The van der Waals surface area contributed by atoms with Crippen LogP contribution in [0.5, 0.6) is 5.75 Å². The normalized spacial score (nSPS) is 12.0. The minimum atomic E-state index is -0.789. The van der Waals surface area contributed by atoms with E-state index in [4.69, 9.17) is 20.8 Å². The van der Waals surface area contributed by atoms with Crippen molar-refractivity contribution in [2.45, 2.75) is 26.9 Å². The predicted octanol–water partition coefficient (Wildman–Crippen LogP) is 4.47. The zero-order chi connectivity index (χ0) is 18.8. The molecule has 1 amide bonds. The van der Waals surface area contributed by atoms with E-state index in [2.05, 4.69) is 5.32 Å². The molecule has 6 heteroatoms. The van der Waals surface area contributed by atoms with E-state index in [9.17, 15) is 9.59 Å². The van der Waals surface area contributed by atoms with Crippen LogP contribution in [0.4, 0.5) is 5.69 Å². The van der Waals surface area contributed by atoms with Gasteiger partial charge in [0, 0.05) is 23.2 Å². The molecular weight excluding hydrogens is 354 g/mol. The molecule has 5 nitrogen and oxygen atoms in total. The minimum Gasteiger partial charge on any atom is -0.479 e. The van der Waals surface area contributed by atoms with Gasteiger partial charge in [-0.25, -0.2) is 4.79 Å². The van der Waals surface area contributed by atoms with Gasteiger partial charge < -0.3 is 14.5 Å². The van der Waals surface area contributed by atoms with Gasteiger partial charge in [0.05, 0.1) is 5.02 Å². The molecule has 3 rings (SSSR count). The number of hydrogen-bond acceptors (Lipinski definition) is 4. The molecule has 0 saturated carbocycles. The Bertz CT molecular complexity index is 1020. The van der Waals surface area contributed by atoms with Gasteiger partial charge in [0.1, 0.15) is 11.3 Å². The molecule has 0 saturated heterocycles. The molecule has 1 unspecified atom stereocenters. The summed E-state index contributed by atoms with van der Waals surface area (Å²) in [7, 11) is 0. The molecule has 1 N–H and O–H groups in total. The highest BCUT2D eigenvalue weighted by Crippen LogP contribution is 2.31. The SMILES string of the molecule is Cc1ccc(NC(=O)C(C)Oc2cc3oc(=O)cc(C)c3cc2Cl)cc1. The number of fused-ring (bicyclic) bond motifs is 1. The summed E-state index contributed by atoms with van der Waals surface area (Å²) in [6, 6.07) is 12.0. The van der Waals surface area contributed by atoms with Crippen LogP contribution in [0.3, 0.4) is 0 Å². The van der Waals surface area contributed by atoms with E-state index in [1.807, 2.05) is 31.2 Å². The first-order chi connectivity index (χ1) is 12.3. The number of hydrogen-bond donors (Lipinski definition) is 1. The smallest absolute Gasteiger partial charge is 0.336 e. The molecule has 2 aromatic carbocycles. The molecule has 0 radical (unpaired) electrons. The summed E-state index contributed by atoms with van der Waals surface area (Å²) in [6.07, 6.45) is -0.789. The Kier molecular flexibility index (Phi) is 5.00.